The molecule has 20 heavy (non-hydrogen) atoms. The van der Waals surface area contributed by atoms with Gasteiger partial charge in [-0.25, -0.2) is 14.8 Å². The number of hydrogen-bond acceptors (Lipinski definition) is 5. The van der Waals surface area contributed by atoms with Crippen LogP contribution in [0.15, 0.2) is 30.5 Å². The molecule has 1 aromatic heterocycles. The lowest BCUT2D eigenvalue weighted by Gasteiger charge is -2.24. The Morgan fingerprint density at radius 3 is 2.85 bits per heavy atom. The highest BCUT2D eigenvalue weighted by Gasteiger charge is 2.16. The lowest BCUT2D eigenvalue weighted by Crippen LogP contribution is -2.33. The van der Waals surface area contributed by atoms with E-state index in [0.29, 0.717) is 5.82 Å². The van der Waals surface area contributed by atoms with Crippen molar-refractivity contribution in [3.63, 3.8) is 0 Å². The fourth-order valence-corrected chi connectivity index (χ4v) is 2.36. The van der Waals surface area contributed by atoms with Gasteiger partial charge in [0.25, 0.3) is 0 Å². The van der Waals surface area contributed by atoms with Crippen molar-refractivity contribution in [2.75, 3.05) is 13.1 Å². The van der Waals surface area contributed by atoms with Crippen LogP contribution in [0.2, 0.25) is 0 Å². The third-order valence-electron chi connectivity index (χ3n) is 3.39. The molecule has 0 radical (unpaired) electrons. The summed E-state index contributed by atoms with van der Waals surface area (Å²) in [6, 6.07) is 7.73. The van der Waals surface area contributed by atoms with Gasteiger partial charge in [0.15, 0.2) is 0 Å². The maximum absolute atomic E-state index is 11.9. The van der Waals surface area contributed by atoms with Gasteiger partial charge in [-0.1, -0.05) is 24.6 Å². The van der Waals surface area contributed by atoms with Gasteiger partial charge in [-0.15, -0.1) is 5.06 Å². The van der Waals surface area contributed by atoms with E-state index in [1.54, 1.807) is 11.3 Å². The highest BCUT2D eigenvalue weighted by molar-refractivity contribution is 5.78. The average molecular weight is 271 g/mol. The monoisotopic (exact) mass is 271 g/mol. The molecule has 5 heteroatoms. The zero-order chi connectivity index (χ0) is 13.8. The highest BCUT2D eigenvalue weighted by atomic mass is 16.7. The predicted molar refractivity (Wildman–Crippen MR) is 74.8 cm³/mol. The number of para-hydroxylation sites is 1. The van der Waals surface area contributed by atoms with E-state index in [1.165, 1.54) is 6.42 Å². The Hall–Kier alpha value is -2.01. The molecule has 1 aliphatic rings. The number of carbonyl (C=O) groups excluding carboxylic acids is 1. The number of carbonyl (C=O) groups is 1. The minimum atomic E-state index is -0.290. The predicted octanol–water partition coefficient (Wildman–Crippen LogP) is 2.12. The maximum atomic E-state index is 11.9. The minimum absolute atomic E-state index is 0.112. The smallest absolute Gasteiger partial charge is 0.332 e. The van der Waals surface area contributed by atoms with E-state index < -0.39 is 0 Å². The van der Waals surface area contributed by atoms with Crippen LogP contribution in [-0.2, 0) is 16.1 Å². The normalized spacial score (nSPS) is 16.2. The molecular weight excluding hydrogens is 254 g/mol. The van der Waals surface area contributed by atoms with Gasteiger partial charge >= 0.3 is 5.97 Å². The number of benzene rings is 1. The highest BCUT2D eigenvalue weighted by Crippen LogP contribution is 2.12. The van der Waals surface area contributed by atoms with Gasteiger partial charge in [-0.05, 0) is 18.9 Å². The largest absolute Gasteiger partial charge is 0.367 e. The number of nitrogens with zero attached hydrogens (tertiary/aromatic N) is 3. The molecular formula is C15H17N3O2. The van der Waals surface area contributed by atoms with Crippen LogP contribution in [0.4, 0.5) is 0 Å². The molecule has 0 bridgehead atoms. The molecule has 104 valence electrons. The molecule has 1 aromatic carbocycles. The fourth-order valence-electron chi connectivity index (χ4n) is 2.36. The Bertz CT molecular complexity index is 609. The SMILES string of the molecule is O=C(Cc1ncc2ccccc2n1)ON1CCCCC1. The van der Waals surface area contributed by atoms with Crippen molar-refractivity contribution in [3.05, 3.63) is 36.3 Å². The van der Waals surface area contributed by atoms with Gasteiger partial charge in [0.05, 0.1) is 5.52 Å². The molecule has 2 heterocycles. The van der Waals surface area contributed by atoms with E-state index in [4.69, 9.17) is 4.84 Å². The Labute approximate surface area is 117 Å². The van der Waals surface area contributed by atoms with Crippen LogP contribution in [0, 0.1) is 0 Å². The summed E-state index contributed by atoms with van der Waals surface area (Å²) in [6.07, 6.45) is 5.23. The number of aromatic nitrogens is 2. The van der Waals surface area contributed by atoms with E-state index in [0.717, 1.165) is 36.8 Å². The summed E-state index contributed by atoms with van der Waals surface area (Å²) in [5.41, 5.74) is 0.850. The van der Waals surface area contributed by atoms with Crippen molar-refractivity contribution in [1.82, 2.24) is 15.0 Å². The van der Waals surface area contributed by atoms with Gasteiger partial charge in [-0.3, -0.25) is 0 Å². The van der Waals surface area contributed by atoms with Crippen molar-refractivity contribution >= 4 is 16.9 Å². The zero-order valence-electron chi connectivity index (χ0n) is 11.3. The molecule has 0 atom stereocenters. The number of hydroxylamine groups is 2. The quantitative estimate of drug-likeness (QED) is 0.856. The number of hydrogen-bond donors (Lipinski definition) is 0. The van der Waals surface area contributed by atoms with Gasteiger partial charge in [0.1, 0.15) is 12.2 Å². The van der Waals surface area contributed by atoms with Gasteiger partial charge in [0.2, 0.25) is 0 Å². The molecule has 5 nitrogen and oxygen atoms in total. The third kappa shape index (κ3) is 3.11. The second-order valence-electron chi connectivity index (χ2n) is 4.97. The van der Waals surface area contributed by atoms with Crippen LogP contribution in [-0.4, -0.2) is 34.1 Å². The summed E-state index contributed by atoms with van der Waals surface area (Å²) in [5, 5.41) is 2.72. The summed E-state index contributed by atoms with van der Waals surface area (Å²) >= 11 is 0. The number of fused-ring (bicyclic) bond motifs is 1. The molecule has 0 aliphatic carbocycles. The van der Waals surface area contributed by atoms with Crippen molar-refractivity contribution in [2.45, 2.75) is 25.7 Å². The first-order valence-corrected chi connectivity index (χ1v) is 6.98. The first-order chi connectivity index (χ1) is 9.81. The zero-order valence-corrected chi connectivity index (χ0v) is 11.3. The molecule has 0 N–H and O–H groups in total. The number of piperidine rings is 1. The Kier molecular flexibility index (Phi) is 3.87. The van der Waals surface area contributed by atoms with Crippen LogP contribution >= 0.6 is 0 Å². The first-order valence-electron chi connectivity index (χ1n) is 6.98. The first kappa shape index (κ1) is 13.0. The van der Waals surface area contributed by atoms with Crippen molar-refractivity contribution < 1.29 is 9.63 Å². The fraction of sp³-hybridized carbons (Fsp3) is 0.400. The van der Waals surface area contributed by atoms with Gasteiger partial charge < -0.3 is 4.84 Å². The Morgan fingerprint density at radius 2 is 2.00 bits per heavy atom. The van der Waals surface area contributed by atoms with E-state index in [1.807, 2.05) is 24.3 Å². The van der Waals surface area contributed by atoms with E-state index >= 15 is 0 Å². The molecule has 0 saturated carbocycles. The topological polar surface area (TPSA) is 55.3 Å². The molecule has 0 spiro atoms. The van der Waals surface area contributed by atoms with Crippen LogP contribution in [0.3, 0.4) is 0 Å². The Balaban J connectivity index is 1.64. The molecule has 1 saturated heterocycles. The summed E-state index contributed by atoms with van der Waals surface area (Å²) in [5.74, 6) is 0.216. The maximum Gasteiger partial charge on any atom is 0.332 e. The molecule has 1 aliphatic heterocycles. The lowest BCUT2D eigenvalue weighted by molar-refractivity contribution is -0.193. The molecule has 0 amide bonds. The Morgan fingerprint density at radius 1 is 1.20 bits per heavy atom. The van der Waals surface area contributed by atoms with Gasteiger partial charge in [0, 0.05) is 24.7 Å². The second-order valence-corrected chi connectivity index (χ2v) is 4.97. The lowest BCUT2D eigenvalue weighted by atomic mass is 10.2. The van der Waals surface area contributed by atoms with E-state index in [-0.39, 0.29) is 12.4 Å². The van der Waals surface area contributed by atoms with Crippen molar-refractivity contribution in [2.24, 2.45) is 0 Å². The van der Waals surface area contributed by atoms with Crippen LogP contribution in [0.1, 0.15) is 25.1 Å². The summed E-state index contributed by atoms with van der Waals surface area (Å²) in [6.45, 7) is 1.65. The molecule has 2 aromatic rings. The third-order valence-corrected chi connectivity index (χ3v) is 3.39. The van der Waals surface area contributed by atoms with Crippen LogP contribution in [0.25, 0.3) is 10.9 Å². The summed E-state index contributed by atoms with van der Waals surface area (Å²) in [4.78, 5) is 25.8. The standard InChI is InChI=1S/C15H17N3O2/c19-15(20-18-8-4-1-5-9-18)10-14-16-11-12-6-2-3-7-13(12)17-14/h2-3,6-7,11H,1,4-5,8-10H2. The molecule has 0 unspecified atom stereocenters. The minimum Gasteiger partial charge on any atom is -0.367 e. The second kappa shape index (κ2) is 5.96. The van der Waals surface area contributed by atoms with Crippen LogP contribution < -0.4 is 0 Å². The van der Waals surface area contributed by atoms with Crippen molar-refractivity contribution in [3.8, 4) is 0 Å². The number of rotatable bonds is 3. The van der Waals surface area contributed by atoms with E-state index in [9.17, 15) is 4.79 Å². The summed E-state index contributed by atoms with van der Waals surface area (Å²) < 4.78 is 0. The van der Waals surface area contributed by atoms with Gasteiger partial charge in [-0.2, -0.15) is 0 Å². The molecule has 3 rings (SSSR count). The van der Waals surface area contributed by atoms with Crippen LogP contribution in [0.5, 0.6) is 0 Å². The average Bonchev–Trinajstić information content (AvgIpc) is 2.48. The summed E-state index contributed by atoms with van der Waals surface area (Å²) in [7, 11) is 0. The van der Waals surface area contributed by atoms with Crippen molar-refractivity contribution in [1.29, 1.82) is 0 Å². The molecule has 1 fully saturated rings. The van der Waals surface area contributed by atoms with E-state index in [2.05, 4.69) is 9.97 Å².